The van der Waals surface area contributed by atoms with Gasteiger partial charge in [-0.1, -0.05) is 32.6 Å². The van der Waals surface area contributed by atoms with Gasteiger partial charge in [0.2, 0.25) is 0 Å². The van der Waals surface area contributed by atoms with Crippen molar-refractivity contribution in [1.82, 2.24) is 9.55 Å². The fraction of sp³-hybridized carbons (Fsp3) is 0.727. The molecule has 0 saturated heterocycles. The first kappa shape index (κ1) is 11.2. The van der Waals surface area contributed by atoms with Gasteiger partial charge in [-0.25, -0.2) is 4.98 Å². The molecule has 0 fully saturated rings. The van der Waals surface area contributed by atoms with Crippen molar-refractivity contribution in [3.63, 3.8) is 0 Å². The highest BCUT2D eigenvalue weighted by Crippen LogP contribution is 2.15. The molecule has 1 unspecified atom stereocenters. The first-order chi connectivity index (χ1) is 6.74. The number of aromatic nitrogens is 2. The van der Waals surface area contributed by atoms with Gasteiger partial charge in [-0.3, -0.25) is 0 Å². The summed E-state index contributed by atoms with van der Waals surface area (Å²) in [6.45, 7) is 2.22. The standard InChI is InChI=1S/C11H21N3/c1-3-4-5-6-7-10(12)11-8-14(2)9-13-11/h8-10H,3-7,12H2,1-2H3. The van der Waals surface area contributed by atoms with E-state index in [1.165, 1.54) is 25.7 Å². The highest BCUT2D eigenvalue weighted by Gasteiger charge is 2.07. The van der Waals surface area contributed by atoms with E-state index in [9.17, 15) is 0 Å². The third kappa shape index (κ3) is 3.50. The van der Waals surface area contributed by atoms with E-state index in [1.807, 2.05) is 17.8 Å². The Morgan fingerprint density at radius 1 is 1.43 bits per heavy atom. The smallest absolute Gasteiger partial charge is 0.0947 e. The highest BCUT2D eigenvalue weighted by atomic mass is 15.0. The minimum atomic E-state index is 0.119. The number of unbranched alkanes of at least 4 members (excludes halogenated alkanes) is 3. The number of nitrogens with zero attached hydrogens (tertiary/aromatic N) is 2. The maximum absolute atomic E-state index is 6.01. The second kappa shape index (κ2) is 5.81. The van der Waals surface area contributed by atoms with Crippen molar-refractivity contribution in [1.29, 1.82) is 0 Å². The summed E-state index contributed by atoms with van der Waals surface area (Å²) >= 11 is 0. The molecule has 1 aromatic rings. The van der Waals surface area contributed by atoms with Gasteiger partial charge in [-0.2, -0.15) is 0 Å². The third-order valence-electron chi connectivity index (χ3n) is 2.47. The Morgan fingerprint density at radius 2 is 2.21 bits per heavy atom. The molecule has 1 heterocycles. The van der Waals surface area contributed by atoms with E-state index in [4.69, 9.17) is 5.73 Å². The van der Waals surface area contributed by atoms with Gasteiger partial charge in [-0.05, 0) is 6.42 Å². The molecular weight excluding hydrogens is 174 g/mol. The van der Waals surface area contributed by atoms with Gasteiger partial charge in [0.25, 0.3) is 0 Å². The number of hydrogen-bond donors (Lipinski definition) is 1. The van der Waals surface area contributed by atoms with E-state index in [1.54, 1.807) is 6.33 Å². The minimum absolute atomic E-state index is 0.119. The molecule has 0 aromatic carbocycles. The number of imidazole rings is 1. The summed E-state index contributed by atoms with van der Waals surface area (Å²) in [5.74, 6) is 0. The lowest BCUT2D eigenvalue weighted by Crippen LogP contribution is -2.10. The van der Waals surface area contributed by atoms with Crippen molar-refractivity contribution < 1.29 is 0 Å². The Morgan fingerprint density at radius 3 is 2.79 bits per heavy atom. The monoisotopic (exact) mass is 195 g/mol. The molecule has 0 aliphatic rings. The molecule has 0 bridgehead atoms. The zero-order valence-electron chi connectivity index (χ0n) is 9.24. The van der Waals surface area contributed by atoms with Crippen LogP contribution in [0.25, 0.3) is 0 Å². The van der Waals surface area contributed by atoms with Crippen LogP contribution in [-0.4, -0.2) is 9.55 Å². The van der Waals surface area contributed by atoms with E-state index in [-0.39, 0.29) is 6.04 Å². The van der Waals surface area contributed by atoms with Crippen LogP contribution in [-0.2, 0) is 7.05 Å². The van der Waals surface area contributed by atoms with Crippen LogP contribution in [0, 0.1) is 0 Å². The van der Waals surface area contributed by atoms with Crippen LogP contribution in [0.15, 0.2) is 12.5 Å². The minimum Gasteiger partial charge on any atom is -0.340 e. The van der Waals surface area contributed by atoms with Crippen LogP contribution in [0.2, 0.25) is 0 Å². The van der Waals surface area contributed by atoms with Crippen LogP contribution in [0.1, 0.15) is 50.8 Å². The molecular formula is C11H21N3. The summed E-state index contributed by atoms with van der Waals surface area (Å²) < 4.78 is 1.95. The normalized spacial score (nSPS) is 13.1. The van der Waals surface area contributed by atoms with E-state index >= 15 is 0 Å². The molecule has 0 aliphatic heterocycles. The fourth-order valence-electron chi connectivity index (χ4n) is 1.56. The molecule has 0 saturated carbocycles. The lowest BCUT2D eigenvalue weighted by molar-refractivity contribution is 0.558. The SMILES string of the molecule is CCCCCCC(N)c1cn(C)cn1. The Bertz CT molecular complexity index is 255. The third-order valence-corrected chi connectivity index (χ3v) is 2.47. The molecule has 3 nitrogen and oxygen atoms in total. The zero-order chi connectivity index (χ0) is 10.4. The first-order valence-corrected chi connectivity index (χ1v) is 5.47. The van der Waals surface area contributed by atoms with Gasteiger partial charge in [-0.15, -0.1) is 0 Å². The topological polar surface area (TPSA) is 43.8 Å². The second-order valence-electron chi connectivity index (χ2n) is 3.92. The molecule has 0 aliphatic carbocycles. The van der Waals surface area contributed by atoms with Crippen LogP contribution < -0.4 is 5.73 Å². The fourth-order valence-corrected chi connectivity index (χ4v) is 1.56. The highest BCUT2D eigenvalue weighted by molar-refractivity contribution is 5.02. The number of nitrogens with two attached hydrogens (primary N) is 1. The number of rotatable bonds is 6. The molecule has 1 aromatic heterocycles. The molecule has 0 spiro atoms. The Kier molecular flexibility index (Phi) is 4.66. The summed E-state index contributed by atoms with van der Waals surface area (Å²) in [6, 6.07) is 0.119. The van der Waals surface area contributed by atoms with Crippen LogP contribution >= 0.6 is 0 Å². The molecule has 3 heteroatoms. The van der Waals surface area contributed by atoms with Crippen LogP contribution in [0.3, 0.4) is 0 Å². The second-order valence-corrected chi connectivity index (χ2v) is 3.92. The summed E-state index contributed by atoms with van der Waals surface area (Å²) in [5.41, 5.74) is 7.03. The molecule has 80 valence electrons. The van der Waals surface area contributed by atoms with Gasteiger partial charge < -0.3 is 10.3 Å². The number of aryl methyl sites for hydroxylation is 1. The zero-order valence-corrected chi connectivity index (χ0v) is 9.24. The van der Waals surface area contributed by atoms with E-state index in [0.717, 1.165) is 12.1 Å². The molecule has 0 amide bonds. The van der Waals surface area contributed by atoms with E-state index in [0.29, 0.717) is 0 Å². The Hall–Kier alpha value is -0.830. The van der Waals surface area contributed by atoms with Gasteiger partial charge in [0.1, 0.15) is 0 Å². The Labute approximate surface area is 86.3 Å². The molecule has 2 N–H and O–H groups in total. The lowest BCUT2D eigenvalue weighted by Gasteiger charge is -2.07. The van der Waals surface area contributed by atoms with Crippen molar-refractivity contribution in [2.75, 3.05) is 0 Å². The predicted octanol–water partition coefficient (Wildman–Crippen LogP) is 2.39. The summed E-state index contributed by atoms with van der Waals surface area (Å²) in [4.78, 5) is 4.25. The maximum atomic E-state index is 6.01. The van der Waals surface area contributed by atoms with Crippen molar-refractivity contribution in [2.45, 2.75) is 45.1 Å². The molecule has 1 atom stereocenters. The maximum Gasteiger partial charge on any atom is 0.0947 e. The van der Waals surface area contributed by atoms with Crippen molar-refractivity contribution in [2.24, 2.45) is 12.8 Å². The van der Waals surface area contributed by atoms with Gasteiger partial charge in [0, 0.05) is 19.3 Å². The molecule has 0 radical (unpaired) electrons. The Balaban J connectivity index is 2.25. The van der Waals surface area contributed by atoms with E-state index < -0.39 is 0 Å². The predicted molar refractivity (Wildman–Crippen MR) is 58.9 cm³/mol. The van der Waals surface area contributed by atoms with E-state index in [2.05, 4.69) is 11.9 Å². The van der Waals surface area contributed by atoms with Gasteiger partial charge in [0.15, 0.2) is 0 Å². The molecule has 1 rings (SSSR count). The summed E-state index contributed by atoms with van der Waals surface area (Å²) in [6.07, 6.45) is 9.96. The van der Waals surface area contributed by atoms with Gasteiger partial charge in [0.05, 0.1) is 12.0 Å². The van der Waals surface area contributed by atoms with Crippen LogP contribution in [0.5, 0.6) is 0 Å². The summed E-state index contributed by atoms with van der Waals surface area (Å²) in [5, 5.41) is 0. The quantitative estimate of drug-likeness (QED) is 0.708. The number of hydrogen-bond acceptors (Lipinski definition) is 2. The van der Waals surface area contributed by atoms with Crippen molar-refractivity contribution >= 4 is 0 Å². The lowest BCUT2D eigenvalue weighted by atomic mass is 10.1. The average Bonchev–Trinajstić information content (AvgIpc) is 2.59. The van der Waals surface area contributed by atoms with Crippen molar-refractivity contribution in [3.8, 4) is 0 Å². The van der Waals surface area contributed by atoms with Gasteiger partial charge >= 0.3 is 0 Å². The molecule has 14 heavy (non-hydrogen) atoms. The van der Waals surface area contributed by atoms with Crippen LogP contribution in [0.4, 0.5) is 0 Å². The largest absolute Gasteiger partial charge is 0.340 e. The van der Waals surface area contributed by atoms with Crippen molar-refractivity contribution in [3.05, 3.63) is 18.2 Å². The average molecular weight is 195 g/mol. The first-order valence-electron chi connectivity index (χ1n) is 5.47. The summed E-state index contributed by atoms with van der Waals surface area (Å²) in [7, 11) is 1.97.